The Kier molecular flexibility index (Phi) is 10.6. The SMILES string of the molecule is C=CC(=O)OCCCOCCC[Si](C)(O[Si](C)(C)C)O[Si](C)(C)C. The van der Waals surface area contributed by atoms with Crippen molar-refractivity contribution in [3.63, 3.8) is 0 Å². The first-order chi connectivity index (χ1) is 10.9. The predicted octanol–water partition coefficient (Wildman–Crippen LogP) is 4.29. The van der Waals surface area contributed by atoms with Gasteiger partial charge in [0.2, 0.25) is 0 Å². The summed E-state index contributed by atoms with van der Waals surface area (Å²) in [7, 11) is -5.42. The largest absolute Gasteiger partial charge is 0.462 e. The van der Waals surface area contributed by atoms with Gasteiger partial charge in [-0.15, -0.1) is 0 Å². The molecule has 0 aliphatic heterocycles. The fraction of sp³-hybridized carbons (Fsp3) is 0.812. The maximum atomic E-state index is 10.9. The summed E-state index contributed by atoms with van der Waals surface area (Å²) in [6.45, 7) is 20.5. The van der Waals surface area contributed by atoms with E-state index in [4.69, 9.17) is 17.7 Å². The minimum absolute atomic E-state index is 0.370. The van der Waals surface area contributed by atoms with Crippen molar-refractivity contribution >= 4 is 31.2 Å². The van der Waals surface area contributed by atoms with Gasteiger partial charge in [0.05, 0.1) is 6.61 Å². The van der Waals surface area contributed by atoms with Crippen LogP contribution in [0.1, 0.15) is 12.8 Å². The van der Waals surface area contributed by atoms with Gasteiger partial charge >= 0.3 is 14.5 Å². The Bertz CT molecular complexity index is 372. The van der Waals surface area contributed by atoms with Gasteiger partial charge in [-0.2, -0.15) is 0 Å². The van der Waals surface area contributed by atoms with Crippen molar-refractivity contribution in [3.05, 3.63) is 12.7 Å². The van der Waals surface area contributed by atoms with Gasteiger partial charge in [0, 0.05) is 25.7 Å². The van der Waals surface area contributed by atoms with Gasteiger partial charge in [-0.1, -0.05) is 6.58 Å². The lowest BCUT2D eigenvalue weighted by atomic mass is 10.5. The lowest BCUT2D eigenvalue weighted by Crippen LogP contribution is -2.52. The molecule has 0 fully saturated rings. The minimum atomic E-state index is -2.15. The molecule has 0 bridgehead atoms. The van der Waals surface area contributed by atoms with Crippen LogP contribution in [0.2, 0.25) is 51.9 Å². The van der Waals surface area contributed by atoms with Crippen LogP contribution in [0.5, 0.6) is 0 Å². The average Bonchev–Trinajstić information content (AvgIpc) is 2.36. The molecule has 0 rings (SSSR count). The van der Waals surface area contributed by atoms with E-state index in [1.807, 2.05) is 0 Å². The molecule has 0 atom stereocenters. The number of rotatable bonds is 13. The zero-order valence-corrected chi connectivity index (χ0v) is 19.6. The standard InChI is InChI=1S/C16H36O5Si3/c1-9-16(17)19-14-10-12-18-13-11-15-24(8,20-22(2,3)4)21-23(5,6)7/h9H,1,10-15H2,2-8H3. The van der Waals surface area contributed by atoms with Crippen molar-refractivity contribution in [2.24, 2.45) is 0 Å². The summed E-state index contributed by atoms with van der Waals surface area (Å²) in [5.41, 5.74) is 0. The molecule has 0 saturated heterocycles. The molecule has 0 amide bonds. The summed E-state index contributed by atoms with van der Waals surface area (Å²) >= 11 is 0. The molecule has 0 aromatic rings. The second-order valence-corrected chi connectivity index (χ2v) is 20.9. The van der Waals surface area contributed by atoms with Crippen LogP contribution in [0.3, 0.4) is 0 Å². The predicted molar refractivity (Wildman–Crippen MR) is 106 cm³/mol. The molecule has 0 spiro atoms. The van der Waals surface area contributed by atoms with Gasteiger partial charge in [-0.3, -0.25) is 0 Å². The molecule has 8 heteroatoms. The van der Waals surface area contributed by atoms with Gasteiger partial charge in [0.1, 0.15) is 0 Å². The Morgan fingerprint density at radius 2 is 1.38 bits per heavy atom. The molecule has 24 heavy (non-hydrogen) atoms. The lowest BCUT2D eigenvalue weighted by Gasteiger charge is -2.38. The van der Waals surface area contributed by atoms with Crippen LogP contribution < -0.4 is 0 Å². The number of hydrogen-bond acceptors (Lipinski definition) is 5. The van der Waals surface area contributed by atoms with Crippen LogP contribution in [-0.4, -0.2) is 51.0 Å². The zero-order chi connectivity index (χ0) is 18.9. The van der Waals surface area contributed by atoms with E-state index >= 15 is 0 Å². The molecule has 0 aromatic carbocycles. The van der Waals surface area contributed by atoms with E-state index in [1.54, 1.807) is 0 Å². The molecular formula is C16H36O5Si3. The van der Waals surface area contributed by atoms with Gasteiger partial charge in [-0.25, -0.2) is 4.79 Å². The summed E-state index contributed by atoms with van der Waals surface area (Å²) in [5, 5.41) is 0. The molecular weight excluding hydrogens is 356 g/mol. The van der Waals surface area contributed by atoms with E-state index in [9.17, 15) is 4.79 Å². The van der Waals surface area contributed by atoms with Gasteiger partial charge in [0.15, 0.2) is 16.6 Å². The van der Waals surface area contributed by atoms with Crippen molar-refractivity contribution < 1.29 is 22.5 Å². The first kappa shape index (κ1) is 23.7. The average molecular weight is 393 g/mol. The van der Waals surface area contributed by atoms with E-state index in [1.165, 1.54) is 6.08 Å². The van der Waals surface area contributed by atoms with E-state index in [0.717, 1.165) is 12.5 Å². The highest BCUT2D eigenvalue weighted by Crippen LogP contribution is 2.25. The third-order valence-corrected chi connectivity index (χ3v) is 12.4. The second kappa shape index (κ2) is 10.7. The first-order valence-corrected chi connectivity index (χ1v) is 18.0. The molecule has 0 aliphatic rings. The Morgan fingerprint density at radius 1 is 0.875 bits per heavy atom. The number of carbonyl (C=O) groups excluding carboxylic acids is 1. The van der Waals surface area contributed by atoms with E-state index in [0.29, 0.717) is 26.2 Å². The summed E-state index contributed by atoms with van der Waals surface area (Å²) in [5.74, 6) is -0.385. The molecule has 5 nitrogen and oxygen atoms in total. The first-order valence-electron chi connectivity index (χ1n) is 8.64. The molecule has 0 aliphatic carbocycles. The Labute approximate surface area is 151 Å². The van der Waals surface area contributed by atoms with Crippen molar-refractivity contribution in [1.29, 1.82) is 0 Å². The fourth-order valence-electron chi connectivity index (χ4n) is 2.41. The topological polar surface area (TPSA) is 54.0 Å². The maximum Gasteiger partial charge on any atom is 0.330 e. The third kappa shape index (κ3) is 14.1. The van der Waals surface area contributed by atoms with Gasteiger partial charge in [0.25, 0.3) is 0 Å². The number of ether oxygens (including phenoxy) is 2. The summed E-state index contributed by atoms with van der Waals surface area (Å²) in [6.07, 6.45) is 2.80. The highest BCUT2D eigenvalue weighted by Gasteiger charge is 2.39. The van der Waals surface area contributed by atoms with Crippen LogP contribution in [-0.2, 0) is 22.5 Å². The number of esters is 1. The number of carbonyl (C=O) groups is 1. The van der Waals surface area contributed by atoms with Crippen LogP contribution in [0.15, 0.2) is 12.7 Å². The highest BCUT2D eigenvalue weighted by molar-refractivity contribution is 6.87. The smallest absolute Gasteiger partial charge is 0.330 e. The highest BCUT2D eigenvalue weighted by atomic mass is 28.5. The summed E-state index contributed by atoms with van der Waals surface area (Å²) in [6, 6.07) is 0.951. The van der Waals surface area contributed by atoms with Crippen LogP contribution in [0.25, 0.3) is 0 Å². The Hall–Kier alpha value is -0.259. The zero-order valence-electron chi connectivity index (χ0n) is 16.6. The van der Waals surface area contributed by atoms with Gasteiger partial charge < -0.3 is 17.7 Å². The van der Waals surface area contributed by atoms with Crippen molar-refractivity contribution in [3.8, 4) is 0 Å². The van der Waals surface area contributed by atoms with Crippen molar-refractivity contribution in [2.45, 2.75) is 64.7 Å². The quantitative estimate of drug-likeness (QED) is 0.202. The van der Waals surface area contributed by atoms with Crippen LogP contribution in [0.4, 0.5) is 0 Å². The normalized spacial score (nSPS) is 13.0. The second-order valence-electron chi connectivity index (χ2n) is 8.00. The molecule has 0 saturated carbocycles. The third-order valence-electron chi connectivity index (χ3n) is 2.81. The fourth-order valence-corrected chi connectivity index (χ4v) is 14.9. The van der Waals surface area contributed by atoms with E-state index in [-0.39, 0.29) is 5.97 Å². The van der Waals surface area contributed by atoms with Gasteiger partial charge in [-0.05, 0) is 58.3 Å². The Morgan fingerprint density at radius 3 is 1.83 bits per heavy atom. The molecule has 142 valence electrons. The molecule has 0 aromatic heterocycles. The number of hydrogen-bond donors (Lipinski definition) is 0. The Balaban J connectivity index is 4.11. The molecule has 0 N–H and O–H groups in total. The molecule has 0 radical (unpaired) electrons. The minimum Gasteiger partial charge on any atom is -0.462 e. The monoisotopic (exact) mass is 392 g/mol. The van der Waals surface area contributed by atoms with E-state index < -0.39 is 25.2 Å². The summed E-state index contributed by atoms with van der Waals surface area (Å²) < 4.78 is 23.4. The lowest BCUT2D eigenvalue weighted by molar-refractivity contribution is -0.138. The van der Waals surface area contributed by atoms with Crippen LogP contribution in [0, 0.1) is 0 Å². The summed E-state index contributed by atoms with van der Waals surface area (Å²) in [4.78, 5) is 10.9. The van der Waals surface area contributed by atoms with E-state index in [2.05, 4.69) is 52.4 Å². The molecule has 0 heterocycles. The molecule has 0 unspecified atom stereocenters. The maximum absolute atomic E-state index is 10.9. The van der Waals surface area contributed by atoms with Crippen molar-refractivity contribution in [2.75, 3.05) is 19.8 Å². The van der Waals surface area contributed by atoms with Crippen molar-refractivity contribution in [1.82, 2.24) is 0 Å². The van der Waals surface area contributed by atoms with Crippen LogP contribution >= 0.6 is 0 Å².